The van der Waals surface area contributed by atoms with E-state index in [4.69, 9.17) is 21.1 Å². The molecular weight excluding hydrogens is 268 g/mol. The Morgan fingerprint density at radius 2 is 2.21 bits per heavy atom. The van der Waals surface area contributed by atoms with Crippen molar-refractivity contribution in [2.24, 2.45) is 29.6 Å². The molecule has 3 rings (SSSR count). The lowest BCUT2D eigenvalue weighted by atomic mass is 9.70. The minimum Gasteiger partial charge on any atom is -0.464 e. The molecule has 0 aromatic rings. The highest BCUT2D eigenvalue weighted by Gasteiger charge is 2.65. The quantitative estimate of drug-likeness (QED) is 0.588. The summed E-state index contributed by atoms with van der Waals surface area (Å²) in [7, 11) is 0. The molecule has 5 unspecified atom stereocenters. The molecule has 5 heteroatoms. The zero-order valence-corrected chi connectivity index (χ0v) is 12.0. The first-order valence-electron chi connectivity index (χ1n) is 6.88. The molecule has 3 fully saturated rings. The van der Waals surface area contributed by atoms with Crippen LogP contribution in [0.25, 0.3) is 0 Å². The summed E-state index contributed by atoms with van der Waals surface area (Å²) in [4.78, 5) is 23.2. The molecule has 106 valence electrons. The molecule has 0 aromatic heterocycles. The van der Waals surface area contributed by atoms with Crippen molar-refractivity contribution in [2.45, 2.75) is 32.3 Å². The molecule has 0 spiro atoms. The molecule has 0 aromatic carbocycles. The van der Waals surface area contributed by atoms with E-state index in [-0.39, 0.29) is 29.3 Å². The smallest absolute Gasteiger partial charge is 0.320 e. The van der Waals surface area contributed by atoms with Gasteiger partial charge in [0.2, 0.25) is 0 Å². The number of fused-ring (bicyclic) bond motifs is 5. The number of hydrogen-bond donors (Lipinski definition) is 0. The average Bonchev–Trinajstić information content (AvgIpc) is 2.97. The van der Waals surface area contributed by atoms with Crippen LogP contribution in [-0.4, -0.2) is 30.0 Å². The highest BCUT2D eigenvalue weighted by Crippen LogP contribution is 2.62. The predicted molar refractivity (Wildman–Crippen MR) is 68.5 cm³/mol. The molecular formula is C14H19ClO4. The third-order valence-electron chi connectivity index (χ3n) is 5.15. The van der Waals surface area contributed by atoms with E-state index in [9.17, 15) is 9.59 Å². The minimum absolute atomic E-state index is 0.00783. The van der Waals surface area contributed by atoms with Crippen LogP contribution in [0.3, 0.4) is 0 Å². The van der Waals surface area contributed by atoms with Gasteiger partial charge >= 0.3 is 11.9 Å². The molecule has 1 saturated heterocycles. The number of alkyl halides is 1. The highest BCUT2D eigenvalue weighted by molar-refractivity contribution is 6.26. The Hall–Kier alpha value is -0.770. The molecule has 1 heterocycles. The van der Waals surface area contributed by atoms with Crippen molar-refractivity contribution < 1.29 is 19.1 Å². The summed E-state index contributed by atoms with van der Waals surface area (Å²) < 4.78 is 10.7. The van der Waals surface area contributed by atoms with E-state index in [1.807, 2.05) is 13.8 Å². The molecule has 0 radical (unpaired) electrons. The standard InChI is InChI=1S/C14H19ClO4/c1-14(2)12-7-3-8(6-18-10(16)5-15)9(4-7)11(12)13(17)19-14/h7-9,11-12H,3-6H2,1-2H3. The Morgan fingerprint density at radius 1 is 1.47 bits per heavy atom. The third-order valence-corrected chi connectivity index (χ3v) is 5.37. The second-order valence-electron chi connectivity index (χ2n) is 6.55. The number of hydrogen-bond acceptors (Lipinski definition) is 4. The van der Waals surface area contributed by atoms with Gasteiger partial charge in [0.1, 0.15) is 11.5 Å². The molecule has 0 amide bonds. The van der Waals surface area contributed by atoms with Crippen LogP contribution in [0.15, 0.2) is 0 Å². The second-order valence-corrected chi connectivity index (χ2v) is 6.82. The topological polar surface area (TPSA) is 52.6 Å². The summed E-state index contributed by atoms with van der Waals surface area (Å²) in [6.07, 6.45) is 2.10. The van der Waals surface area contributed by atoms with Crippen LogP contribution in [-0.2, 0) is 19.1 Å². The SMILES string of the molecule is CC1(C)OC(=O)C2C3CC(CC3COC(=O)CCl)C21. The van der Waals surface area contributed by atoms with E-state index in [0.29, 0.717) is 30.3 Å². The predicted octanol–water partition coefficient (Wildman–Crippen LogP) is 1.99. The summed E-state index contributed by atoms with van der Waals surface area (Å²) in [5, 5.41) is 0. The number of rotatable bonds is 3. The van der Waals surface area contributed by atoms with Gasteiger partial charge < -0.3 is 9.47 Å². The van der Waals surface area contributed by atoms with Crippen molar-refractivity contribution in [1.82, 2.24) is 0 Å². The highest BCUT2D eigenvalue weighted by atomic mass is 35.5. The lowest BCUT2D eigenvalue weighted by Crippen LogP contribution is -2.37. The number of ether oxygens (including phenoxy) is 2. The van der Waals surface area contributed by atoms with Gasteiger partial charge in [-0.3, -0.25) is 9.59 Å². The second kappa shape index (κ2) is 4.37. The van der Waals surface area contributed by atoms with E-state index >= 15 is 0 Å². The molecule has 5 atom stereocenters. The van der Waals surface area contributed by atoms with Crippen molar-refractivity contribution in [2.75, 3.05) is 12.5 Å². The monoisotopic (exact) mass is 286 g/mol. The Morgan fingerprint density at radius 3 is 2.89 bits per heavy atom. The van der Waals surface area contributed by atoms with Crippen LogP contribution >= 0.6 is 11.6 Å². The van der Waals surface area contributed by atoms with Crippen LogP contribution in [0, 0.1) is 29.6 Å². The zero-order chi connectivity index (χ0) is 13.8. The molecule has 0 N–H and O–H groups in total. The first kappa shape index (κ1) is 13.2. The molecule has 2 saturated carbocycles. The van der Waals surface area contributed by atoms with E-state index in [2.05, 4.69) is 0 Å². The van der Waals surface area contributed by atoms with Gasteiger partial charge in [-0.25, -0.2) is 0 Å². The number of carbonyl (C=O) groups is 2. The van der Waals surface area contributed by atoms with Gasteiger partial charge in [-0.05, 0) is 44.4 Å². The molecule has 2 aliphatic carbocycles. The van der Waals surface area contributed by atoms with Crippen LogP contribution < -0.4 is 0 Å². The lowest BCUT2D eigenvalue weighted by molar-refractivity contribution is -0.150. The summed E-state index contributed by atoms with van der Waals surface area (Å²) >= 11 is 5.42. The first-order chi connectivity index (χ1) is 8.94. The average molecular weight is 287 g/mol. The largest absolute Gasteiger partial charge is 0.464 e. The maximum atomic E-state index is 12.1. The number of halogens is 1. The lowest BCUT2D eigenvalue weighted by Gasteiger charge is -2.33. The van der Waals surface area contributed by atoms with Gasteiger partial charge in [-0.1, -0.05) is 0 Å². The number of cyclic esters (lactones) is 1. The summed E-state index contributed by atoms with van der Waals surface area (Å²) in [5.41, 5.74) is -0.334. The molecule has 19 heavy (non-hydrogen) atoms. The number of carbonyl (C=O) groups excluding carboxylic acids is 2. The van der Waals surface area contributed by atoms with Gasteiger partial charge in [0.25, 0.3) is 0 Å². The van der Waals surface area contributed by atoms with Gasteiger partial charge in [0.05, 0.1) is 12.5 Å². The maximum Gasteiger partial charge on any atom is 0.320 e. The van der Waals surface area contributed by atoms with Gasteiger partial charge in [-0.15, -0.1) is 11.6 Å². The Kier molecular flexibility index (Phi) is 3.04. The van der Waals surface area contributed by atoms with Crippen LogP contribution in [0.5, 0.6) is 0 Å². The van der Waals surface area contributed by atoms with Crippen molar-refractivity contribution in [1.29, 1.82) is 0 Å². The van der Waals surface area contributed by atoms with Crippen LogP contribution in [0.2, 0.25) is 0 Å². The van der Waals surface area contributed by atoms with Crippen LogP contribution in [0.4, 0.5) is 0 Å². The van der Waals surface area contributed by atoms with Crippen molar-refractivity contribution in [3.63, 3.8) is 0 Å². The van der Waals surface area contributed by atoms with E-state index < -0.39 is 0 Å². The molecule has 3 aliphatic rings. The van der Waals surface area contributed by atoms with Gasteiger partial charge in [0, 0.05) is 5.92 Å². The fraction of sp³-hybridized carbons (Fsp3) is 0.857. The van der Waals surface area contributed by atoms with E-state index in [1.165, 1.54) is 0 Å². The van der Waals surface area contributed by atoms with E-state index in [0.717, 1.165) is 12.8 Å². The minimum atomic E-state index is -0.379. The van der Waals surface area contributed by atoms with Crippen molar-refractivity contribution >= 4 is 23.5 Å². The van der Waals surface area contributed by atoms with Gasteiger partial charge in [0.15, 0.2) is 0 Å². The molecule has 2 bridgehead atoms. The number of esters is 2. The summed E-state index contributed by atoms with van der Waals surface area (Å²) in [6, 6.07) is 0. The first-order valence-corrected chi connectivity index (χ1v) is 7.42. The van der Waals surface area contributed by atoms with E-state index in [1.54, 1.807) is 0 Å². The maximum absolute atomic E-state index is 12.1. The zero-order valence-electron chi connectivity index (χ0n) is 11.2. The fourth-order valence-electron chi connectivity index (χ4n) is 4.64. The summed E-state index contributed by atoms with van der Waals surface area (Å²) in [5.74, 6) is 0.926. The Balaban J connectivity index is 1.70. The van der Waals surface area contributed by atoms with Crippen molar-refractivity contribution in [3.05, 3.63) is 0 Å². The molecule has 1 aliphatic heterocycles. The normalized spacial score (nSPS) is 42.1. The summed E-state index contributed by atoms with van der Waals surface area (Å²) in [6.45, 7) is 4.42. The Labute approximate surface area is 117 Å². The van der Waals surface area contributed by atoms with Crippen molar-refractivity contribution in [3.8, 4) is 0 Å². The van der Waals surface area contributed by atoms with Crippen LogP contribution in [0.1, 0.15) is 26.7 Å². The molecule has 4 nitrogen and oxygen atoms in total. The van der Waals surface area contributed by atoms with Gasteiger partial charge in [-0.2, -0.15) is 0 Å². The Bertz CT molecular complexity index is 420. The fourth-order valence-corrected chi connectivity index (χ4v) is 4.72. The third kappa shape index (κ3) is 1.95.